The monoisotopic (exact) mass is 368 g/mol. The fraction of sp³-hybridized carbons (Fsp3) is 0.200. The number of nitrogens with zero attached hydrogens (tertiary/aromatic N) is 2. The molecular weight excluding hydrogens is 348 g/mol. The summed E-state index contributed by atoms with van der Waals surface area (Å²) in [5, 5.41) is 7.30. The molecular formula is C20H21ClN4O. The van der Waals surface area contributed by atoms with Crippen molar-refractivity contribution in [2.24, 2.45) is 0 Å². The highest BCUT2D eigenvalue weighted by atomic mass is 35.5. The number of methoxy groups -OCH3 is 1. The van der Waals surface area contributed by atoms with Crippen LogP contribution >= 0.6 is 11.6 Å². The van der Waals surface area contributed by atoms with Crippen molar-refractivity contribution in [3.8, 4) is 11.4 Å². The lowest BCUT2D eigenvalue weighted by molar-refractivity contribution is 0.198. The molecule has 0 aliphatic carbocycles. The van der Waals surface area contributed by atoms with Crippen LogP contribution < -0.4 is 10.6 Å². The molecule has 0 bridgehead atoms. The third-order valence-corrected chi connectivity index (χ3v) is 3.92. The summed E-state index contributed by atoms with van der Waals surface area (Å²) in [6, 6.07) is 19.3. The zero-order valence-corrected chi connectivity index (χ0v) is 15.3. The minimum Gasteiger partial charge on any atom is -0.385 e. The molecule has 0 aliphatic heterocycles. The topological polar surface area (TPSA) is 59.1 Å². The molecule has 0 unspecified atom stereocenters. The van der Waals surface area contributed by atoms with Gasteiger partial charge in [0.25, 0.3) is 0 Å². The van der Waals surface area contributed by atoms with Crippen molar-refractivity contribution >= 4 is 28.9 Å². The second kappa shape index (κ2) is 9.17. The Morgan fingerprint density at radius 1 is 0.962 bits per heavy atom. The largest absolute Gasteiger partial charge is 0.385 e. The Morgan fingerprint density at radius 2 is 1.77 bits per heavy atom. The zero-order chi connectivity index (χ0) is 18.2. The fourth-order valence-electron chi connectivity index (χ4n) is 2.47. The van der Waals surface area contributed by atoms with Crippen LogP contribution in [0.4, 0.5) is 17.3 Å². The smallest absolute Gasteiger partial charge is 0.163 e. The summed E-state index contributed by atoms with van der Waals surface area (Å²) < 4.78 is 5.09. The van der Waals surface area contributed by atoms with Gasteiger partial charge in [0, 0.05) is 42.6 Å². The maximum atomic E-state index is 6.07. The normalized spacial score (nSPS) is 10.5. The van der Waals surface area contributed by atoms with E-state index >= 15 is 0 Å². The van der Waals surface area contributed by atoms with E-state index in [-0.39, 0.29) is 0 Å². The van der Waals surface area contributed by atoms with Crippen molar-refractivity contribution in [1.82, 2.24) is 9.97 Å². The molecule has 0 radical (unpaired) electrons. The molecule has 3 rings (SSSR count). The second-order valence-corrected chi connectivity index (χ2v) is 6.17. The van der Waals surface area contributed by atoms with Crippen molar-refractivity contribution < 1.29 is 4.74 Å². The summed E-state index contributed by atoms with van der Waals surface area (Å²) >= 11 is 6.07. The molecule has 5 nitrogen and oxygen atoms in total. The van der Waals surface area contributed by atoms with Gasteiger partial charge in [-0.3, -0.25) is 0 Å². The molecule has 0 atom stereocenters. The Bertz CT molecular complexity index is 842. The van der Waals surface area contributed by atoms with Gasteiger partial charge in [0.05, 0.1) is 0 Å². The van der Waals surface area contributed by atoms with E-state index in [9.17, 15) is 0 Å². The lowest BCUT2D eigenvalue weighted by Gasteiger charge is -2.12. The zero-order valence-electron chi connectivity index (χ0n) is 14.6. The second-order valence-electron chi connectivity index (χ2n) is 5.74. The predicted molar refractivity (Wildman–Crippen MR) is 107 cm³/mol. The highest BCUT2D eigenvalue weighted by Crippen LogP contribution is 2.24. The number of hydrogen-bond donors (Lipinski definition) is 2. The van der Waals surface area contributed by atoms with E-state index in [4.69, 9.17) is 16.3 Å². The average Bonchev–Trinajstić information content (AvgIpc) is 2.66. The van der Waals surface area contributed by atoms with Gasteiger partial charge in [-0.1, -0.05) is 48.0 Å². The standard InChI is InChI=1S/C20H21ClN4O/c1-26-12-6-11-22-18-14-19(23-17-10-5-9-16(21)13-17)25-20(24-18)15-7-3-2-4-8-15/h2-5,7-10,13-14H,6,11-12H2,1H3,(H2,22,23,24,25). The molecule has 2 aromatic carbocycles. The van der Waals surface area contributed by atoms with Crippen LogP contribution in [-0.2, 0) is 4.74 Å². The van der Waals surface area contributed by atoms with E-state index in [1.165, 1.54) is 0 Å². The summed E-state index contributed by atoms with van der Waals surface area (Å²) in [7, 11) is 1.70. The highest BCUT2D eigenvalue weighted by molar-refractivity contribution is 6.30. The number of hydrogen-bond acceptors (Lipinski definition) is 5. The van der Waals surface area contributed by atoms with Crippen LogP contribution in [0, 0.1) is 0 Å². The van der Waals surface area contributed by atoms with Crippen LogP contribution in [0.15, 0.2) is 60.7 Å². The first kappa shape index (κ1) is 18.2. The van der Waals surface area contributed by atoms with Crippen molar-refractivity contribution in [3.05, 3.63) is 65.7 Å². The number of anilines is 3. The number of nitrogens with one attached hydrogen (secondary N) is 2. The van der Waals surface area contributed by atoms with E-state index in [1.807, 2.05) is 60.7 Å². The molecule has 2 N–H and O–H groups in total. The number of rotatable bonds is 8. The third kappa shape index (κ3) is 5.18. The molecule has 0 fully saturated rings. The van der Waals surface area contributed by atoms with E-state index < -0.39 is 0 Å². The Kier molecular flexibility index (Phi) is 6.41. The van der Waals surface area contributed by atoms with Crippen molar-refractivity contribution in [2.75, 3.05) is 30.9 Å². The Labute approximate surface area is 158 Å². The van der Waals surface area contributed by atoms with E-state index in [1.54, 1.807) is 7.11 Å². The molecule has 6 heteroatoms. The molecule has 0 saturated carbocycles. The summed E-state index contributed by atoms with van der Waals surface area (Å²) in [5.74, 6) is 2.13. The lowest BCUT2D eigenvalue weighted by atomic mass is 10.2. The summed E-state index contributed by atoms with van der Waals surface area (Å²) in [5.41, 5.74) is 1.84. The molecule has 0 amide bonds. The first-order valence-corrected chi connectivity index (χ1v) is 8.82. The van der Waals surface area contributed by atoms with Gasteiger partial charge >= 0.3 is 0 Å². The quantitative estimate of drug-likeness (QED) is 0.548. The van der Waals surface area contributed by atoms with Gasteiger partial charge < -0.3 is 15.4 Å². The van der Waals surface area contributed by atoms with Crippen LogP contribution in [0.3, 0.4) is 0 Å². The van der Waals surface area contributed by atoms with E-state index in [2.05, 4.69) is 20.6 Å². The third-order valence-electron chi connectivity index (χ3n) is 3.69. The van der Waals surface area contributed by atoms with Crippen molar-refractivity contribution in [1.29, 1.82) is 0 Å². The van der Waals surface area contributed by atoms with Crippen molar-refractivity contribution in [2.45, 2.75) is 6.42 Å². The van der Waals surface area contributed by atoms with Crippen LogP contribution in [0.1, 0.15) is 6.42 Å². The van der Waals surface area contributed by atoms with Crippen LogP contribution in [0.25, 0.3) is 11.4 Å². The van der Waals surface area contributed by atoms with Gasteiger partial charge in [0.15, 0.2) is 5.82 Å². The minimum absolute atomic E-state index is 0.659. The Morgan fingerprint density at radius 3 is 2.54 bits per heavy atom. The highest BCUT2D eigenvalue weighted by Gasteiger charge is 2.07. The molecule has 0 spiro atoms. The van der Waals surface area contributed by atoms with Gasteiger partial charge in [-0.2, -0.15) is 0 Å². The number of benzene rings is 2. The SMILES string of the molecule is COCCCNc1cc(Nc2cccc(Cl)c2)nc(-c2ccccc2)n1. The molecule has 0 aliphatic rings. The molecule has 26 heavy (non-hydrogen) atoms. The Balaban J connectivity index is 1.86. The predicted octanol–water partition coefficient (Wildman–Crippen LogP) is 4.99. The van der Waals surface area contributed by atoms with Crippen LogP contribution in [0.2, 0.25) is 5.02 Å². The van der Waals surface area contributed by atoms with Crippen LogP contribution in [0.5, 0.6) is 0 Å². The molecule has 1 aromatic heterocycles. The van der Waals surface area contributed by atoms with E-state index in [0.29, 0.717) is 23.3 Å². The average molecular weight is 369 g/mol. The van der Waals surface area contributed by atoms with Gasteiger partial charge in [0.2, 0.25) is 0 Å². The molecule has 0 saturated heterocycles. The minimum atomic E-state index is 0.659. The van der Waals surface area contributed by atoms with Gasteiger partial charge in [0.1, 0.15) is 11.6 Å². The van der Waals surface area contributed by atoms with Gasteiger partial charge in [-0.15, -0.1) is 0 Å². The molecule has 3 aromatic rings. The van der Waals surface area contributed by atoms with Crippen LogP contribution in [-0.4, -0.2) is 30.2 Å². The lowest BCUT2D eigenvalue weighted by Crippen LogP contribution is -2.08. The summed E-state index contributed by atoms with van der Waals surface area (Å²) in [6.45, 7) is 1.48. The first-order chi connectivity index (χ1) is 12.7. The maximum Gasteiger partial charge on any atom is 0.163 e. The van der Waals surface area contributed by atoms with Gasteiger partial charge in [-0.05, 0) is 24.6 Å². The van der Waals surface area contributed by atoms with Gasteiger partial charge in [-0.25, -0.2) is 9.97 Å². The fourth-order valence-corrected chi connectivity index (χ4v) is 2.66. The van der Waals surface area contributed by atoms with Crippen molar-refractivity contribution in [3.63, 3.8) is 0 Å². The first-order valence-electron chi connectivity index (χ1n) is 8.44. The number of aromatic nitrogens is 2. The number of ether oxygens (including phenoxy) is 1. The Hall–Kier alpha value is -2.63. The van der Waals surface area contributed by atoms with E-state index in [0.717, 1.165) is 30.0 Å². The summed E-state index contributed by atoms with van der Waals surface area (Å²) in [6.07, 6.45) is 0.901. The molecule has 134 valence electrons. The summed E-state index contributed by atoms with van der Waals surface area (Å²) in [4.78, 5) is 9.27. The number of halogens is 1. The molecule has 1 heterocycles. The maximum absolute atomic E-state index is 6.07.